The Morgan fingerprint density at radius 2 is 1.39 bits per heavy atom. The van der Waals surface area contributed by atoms with Crippen molar-refractivity contribution in [1.82, 2.24) is 5.16 Å². The highest BCUT2D eigenvalue weighted by molar-refractivity contribution is 6.11. The van der Waals surface area contributed by atoms with Gasteiger partial charge in [-0.25, -0.2) is 0 Å². The van der Waals surface area contributed by atoms with Gasteiger partial charge in [0.05, 0.1) is 0 Å². The summed E-state index contributed by atoms with van der Waals surface area (Å²) < 4.78 is 5.71. The Bertz CT molecular complexity index is 1070. The van der Waals surface area contributed by atoms with Gasteiger partial charge in [0, 0.05) is 29.9 Å². The number of carbonyl (C=O) groups is 1. The van der Waals surface area contributed by atoms with Crippen molar-refractivity contribution in [2.75, 3.05) is 11.9 Å². The van der Waals surface area contributed by atoms with E-state index in [0.717, 1.165) is 22.4 Å². The number of hydrogen-bond acceptors (Lipinski definition) is 3. The Morgan fingerprint density at radius 1 is 0.839 bits per heavy atom. The number of para-hydroxylation sites is 1. The Hall–Kier alpha value is -3.14. The largest absolute Gasteiger partial charge is 0.356 e. The molecule has 0 bridgehead atoms. The standard InChI is InChI=1S/C27H32N2O2/c1-26(2,3)23(21-18-22(31-28-21)19-14-10-8-11-15-19)24(27(4,5)6)25(30)29(7)20-16-12-9-13-17-20/h8-18H,1-7H3/b24-23-. The molecule has 0 unspecified atom stereocenters. The maximum Gasteiger partial charge on any atom is 0.254 e. The first-order valence-electron chi connectivity index (χ1n) is 10.6. The summed E-state index contributed by atoms with van der Waals surface area (Å²) in [5.41, 5.74) is 3.44. The van der Waals surface area contributed by atoms with Gasteiger partial charge in [-0.05, 0) is 28.5 Å². The Labute approximate surface area is 185 Å². The quantitative estimate of drug-likeness (QED) is 0.437. The van der Waals surface area contributed by atoms with Crippen LogP contribution in [-0.4, -0.2) is 18.1 Å². The van der Waals surface area contributed by atoms with Gasteiger partial charge in [0.25, 0.3) is 5.91 Å². The zero-order chi connectivity index (χ0) is 22.8. The molecule has 1 heterocycles. The van der Waals surface area contributed by atoms with E-state index in [2.05, 4.69) is 46.7 Å². The number of aromatic nitrogens is 1. The maximum atomic E-state index is 13.8. The number of likely N-dealkylation sites (N-methyl/N-ethyl adjacent to an activating group) is 1. The van der Waals surface area contributed by atoms with Crippen LogP contribution < -0.4 is 4.90 Å². The molecule has 0 saturated carbocycles. The lowest BCUT2D eigenvalue weighted by Crippen LogP contribution is -2.35. The molecule has 1 aromatic heterocycles. The molecule has 1 amide bonds. The summed E-state index contributed by atoms with van der Waals surface area (Å²) in [6.45, 7) is 12.6. The minimum absolute atomic E-state index is 0.0344. The number of allylic oxidation sites excluding steroid dienone is 1. The first-order valence-corrected chi connectivity index (χ1v) is 10.6. The summed E-state index contributed by atoms with van der Waals surface area (Å²) in [6, 6.07) is 21.5. The van der Waals surface area contributed by atoms with E-state index in [-0.39, 0.29) is 11.3 Å². The average molecular weight is 417 g/mol. The summed E-state index contributed by atoms with van der Waals surface area (Å²) in [4.78, 5) is 15.6. The molecule has 3 rings (SSSR count). The van der Waals surface area contributed by atoms with E-state index < -0.39 is 5.41 Å². The molecule has 3 aromatic rings. The number of carbonyl (C=O) groups excluding carboxylic acids is 1. The molecular formula is C27H32N2O2. The Kier molecular flexibility index (Phi) is 6.21. The predicted molar refractivity (Wildman–Crippen MR) is 128 cm³/mol. The molecule has 31 heavy (non-hydrogen) atoms. The molecule has 0 saturated heterocycles. The van der Waals surface area contributed by atoms with Gasteiger partial charge < -0.3 is 9.42 Å². The second-order valence-corrected chi connectivity index (χ2v) is 9.89. The highest BCUT2D eigenvalue weighted by atomic mass is 16.5. The summed E-state index contributed by atoms with van der Waals surface area (Å²) in [7, 11) is 1.82. The van der Waals surface area contributed by atoms with Crippen molar-refractivity contribution >= 4 is 17.2 Å². The summed E-state index contributed by atoms with van der Waals surface area (Å²) >= 11 is 0. The molecule has 0 aliphatic carbocycles. The molecule has 162 valence electrons. The lowest BCUT2D eigenvalue weighted by Gasteiger charge is -2.33. The normalized spacial score (nSPS) is 13.0. The van der Waals surface area contributed by atoms with Crippen LogP contribution in [0.4, 0.5) is 5.69 Å². The molecule has 4 nitrogen and oxygen atoms in total. The fourth-order valence-corrected chi connectivity index (χ4v) is 3.76. The molecule has 0 aliphatic heterocycles. The van der Waals surface area contributed by atoms with Gasteiger partial charge in [0.2, 0.25) is 0 Å². The van der Waals surface area contributed by atoms with Crippen molar-refractivity contribution in [3.8, 4) is 11.3 Å². The first-order chi connectivity index (χ1) is 14.5. The lowest BCUT2D eigenvalue weighted by molar-refractivity contribution is -0.115. The molecule has 0 fully saturated rings. The van der Waals surface area contributed by atoms with Crippen LogP contribution in [-0.2, 0) is 4.79 Å². The van der Waals surface area contributed by atoms with Gasteiger partial charge >= 0.3 is 0 Å². The number of rotatable bonds is 4. The van der Waals surface area contributed by atoms with E-state index >= 15 is 0 Å². The van der Waals surface area contributed by atoms with Crippen LogP contribution in [0.1, 0.15) is 47.2 Å². The Morgan fingerprint density at radius 3 is 1.90 bits per heavy atom. The second kappa shape index (κ2) is 8.54. The minimum Gasteiger partial charge on any atom is -0.356 e. The molecule has 0 spiro atoms. The van der Waals surface area contributed by atoms with Crippen molar-refractivity contribution in [2.45, 2.75) is 41.5 Å². The molecule has 0 N–H and O–H groups in total. The number of anilines is 1. The van der Waals surface area contributed by atoms with Gasteiger partial charge in [0.1, 0.15) is 5.69 Å². The van der Waals surface area contributed by atoms with Gasteiger partial charge in [-0.1, -0.05) is 95.2 Å². The highest BCUT2D eigenvalue weighted by Crippen LogP contribution is 2.44. The van der Waals surface area contributed by atoms with Crippen LogP contribution in [0.3, 0.4) is 0 Å². The summed E-state index contributed by atoms with van der Waals surface area (Å²) in [5, 5.41) is 4.40. The van der Waals surface area contributed by atoms with Crippen LogP contribution in [0, 0.1) is 10.8 Å². The van der Waals surface area contributed by atoms with Crippen LogP contribution in [0.5, 0.6) is 0 Å². The molecule has 0 radical (unpaired) electrons. The molecule has 0 aliphatic rings. The fraction of sp³-hybridized carbons (Fsp3) is 0.333. The maximum absolute atomic E-state index is 13.8. The average Bonchev–Trinajstić information content (AvgIpc) is 3.20. The highest BCUT2D eigenvalue weighted by Gasteiger charge is 2.36. The van der Waals surface area contributed by atoms with Gasteiger partial charge in [-0.2, -0.15) is 0 Å². The third-order valence-corrected chi connectivity index (χ3v) is 5.24. The van der Waals surface area contributed by atoms with Crippen LogP contribution in [0.25, 0.3) is 16.9 Å². The molecule has 0 atom stereocenters. The van der Waals surface area contributed by atoms with Crippen LogP contribution in [0.15, 0.2) is 76.8 Å². The Balaban J connectivity index is 2.19. The van der Waals surface area contributed by atoms with Gasteiger partial charge in [-0.15, -0.1) is 0 Å². The van der Waals surface area contributed by atoms with E-state index in [1.54, 1.807) is 4.90 Å². The fourth-order valence-electron chi connectivity index (χ4n) is 3.76. The van der Waals surface area contributed by atoms with E-state index in [1.165, 1.54) is 0 Å². The van der Waals surface area contributed by atoms with Crippen LogP contribution >= 0.6 is 0 Å². The van der Waals surface area contributed by atoms with Crippen molar-refractivity contribution in [3.63, 3.8) is 0 Å². The zero-order valence-corrected chi connectivity index (χ0v) is 19.6. The monoisotopic (exact) mass is 416 g/mol. The number of hydrogen-bond donors (Lipinski definition) is 0. The van der Waals surface area contributed by atoms with Crippen molar-refractivity contribution < 1.29 is 9.32 Å². The summed E-state index contributed by atoms with van der Waals surface area (Å²) in [5.74, 6) is 0.655. The van der Waals surface area contributed by atoms with E-state index in [1.807, 2.05) is 73.8 Å². The number of benzene rings is 2. The SMILES string of the molecule is CN(C(=O)/C(=C(\c1cc(-c2ccccc2)on1)C(C)(C)C)C(C)(C)C)c1ccccc1. The van der Waals surface area contributed by atoms with Crippen molar-refractivity contribution in [1.29, 1.82) is 0 Å². The topological polar surface area (TPSA) is 46.3 Å². The lowest BCUT2D eigenvalue weighted by atomic mass is 9.73. The van der Waals surface area contributed by atoms with Crippen molar-refractivity contribution in [3.05, 3.63) is 78.0 Å². The number of amides is 1. The van der Waals surface area contributed by atoms with Crippen molar-refractivity contribution in [2.24, 2.45) is 10.8 Å². The predicted octanol–water partition coefficient (Wildman–Crippen LogP) is 6.85. The van der Waals surface area contributed by atoms with Gasteiger partial charge in [0.15, 0.2) is 5.76 Å². The first kappa shape index (κ1) is 22.5. The molecule has 2 aromatic carbocycles. The smallest absolute Gasteiger partial charge is 0.254 e. The summed E-state index contributed by atoms with van der Waals surface area (Å²) in [6.07, 6.45) is 0. The van der Waals surface area contributed by atoms with Crippen LogP contribution in [0.2, 0.25) is 0 Å². The zero-order valence-electron chi connectivity index (χ0n) is 19.6. The molecular weight excluding hydrogens is 384 g/mol. The van der Waals surface area contributed by atoms with E-state index in [0.29, 0.717) is 11.5 Å². The van der Waals surface area contributed by atoms with E-state index in [4.69, 9.17) is 4.52 Å². The third-order valence-electron chi connectivity index (χ3n) is 5.24. The second-order valence-electron chi connectivity index (χ2n) is 9.89. The minimum atomic E-state index is -0.394. The third kappa shape index (κ3) is 4.96. The molecule has 4 heteroatoms. The van der Waals surface area contributed by atoms with Gasteiger partial charge in [-0.3, -0.25) is 4.79 Å². The number of nitrogens with zero attached hydrogens (tertiary/aromatic N) is 2. The van der Waals surface area contributed by atoms with E-state index in [9.17, 15) is 4.79 Å².